The van der Waals surface area contributed by atoms with Gasteiger partial charge in [-0.15, -0.1) is 0 Å². The highest BCUT2D eigenvalue weighted by Crippen LogP contribution is 2.04. The molecule has 0 fully saturated rings. The Balaban J connectivity index is 0. The van der Waals surface area contributed by atoms with Gasteiger partial charge in [-0.2, -0.15) is 0 Å². The van der Waals surface area contributed by atoms with Crippen LogP contribution in [0.25, 0.3) is 0 Å². The monoisotopic (exact) mass is 210 g/mol. The number of unbranched alkanes of at least 4 members (excludes halogenated alkanes) is 1. The van der Waals surface area contributed by atoms with Crippen LogP contribution in [-0.2, 0) is 0 Å². The summed E-state index contributed by atoms with van der Waals surface area (Å²) in [6.45, 7) is 10.8. The van der Waals surface area contributed by atoms with Gasteiger partial charge >= 0.3 is 0 Å². The van der Waals surface area contributed by atoms with E-state index in [4.69, 9.17) is 5.73 Å². The molecule has 0 aromatic heterocycles. The van der Waals surface area contributed by atoms with Crippen molar-refractivity contribution < 1.29 is 0 Å². The van der Waals surface area contributed by atoms with Crippen molar-refractivity contribution in [1.29, 1.82) is 0 Å². The zero-order valence-corrected chi connectivity index (χ0v) is 10.5. The van der Waals surface area contributed by atoms with Crippen LogP contribution < -0.4 is 5.73 Å². The first-order valence-corrected chi connectivity index (χ1v) is 5.76. The summed E-state index contributed by atoms with van der Waals surface area (Å²) in [5.41, 5.74) is 6.00. The van der Waals surface area contributed by atoms with Crippen LogP contribution in [0.15, 0.2) is 29.4 Å². The van der Waals surface area contributed by atoms with Gasteiger partial charge in [0, 0.05) is 11.9 Å². The third-order valence-corrected chi connectivity index (χ3v) is 1.64. The fourth-order valence-electron chi connectivity index (χ4n) is 0.680. The fourth-order valence-corrected chi connectivity index (χ4v) is 0.680. The molecule has 15 heavy (non-hydrogen) atoms. The highest BCUT2D eigenvalue weighted by molar-refractivity contribution is 5.71. The van der Waals surface area contributed by atoms with Crippen molar-refractivity contribution in [2.24, 2.45) is 10.7 Å². The van der Waals surface area contributed by atoms with E-state index in [9.17, 15) is 0 Å². The summed E-state index contributed by atoms with van der Waals surface area (Å²) in [5, 5.41) is 0. The van der Waals surface area contributed by atoms with E-state index in [1.165, 1.54) is 12.8 Å². The number of hydrogen-bond donors (Lipinski definition) is 1. The van der Waals surface area contributed by atoms with Gasteiger partial charge in [-0.3, -0.25) is 4.99 Å². The van der Waals surface area contributed by atoms with E-state index in [0.717, 1.165) is 25.1 Å². The lowest BCUT2D eigenvalue weighted by Gasteiger charge is -1.94. The molecule has 0 aromatic carbocycles. The van der Waals surface area contributed by atoms with Gasteiger partial charge in [0.2, 0.25) is 0 Å². The molecule has 2 N–H and O–H groups in total. The summed E-state index contributed by atoms with van der Waals surface area (Å²) in [6.07, 6.45) is 10.2. The second-order valence-corrected chi connectivity index (χ2v) is 3.26. The van der Waals surface area contributed by atoms with E-state index >= 15 is 0 Å². The number of nitrogens with zero attached hydrogens (tertiary/aromatic N) is 1. The lowest BCUT2D eigenvalue weighted by Crippen LogP contribution is -1.93. The third kappa shape index (κ3) is 19.5. The molecule has 0 spiro atoms. The minimum absolute atomic E-state index is 0.819. The van der Waals surface area contributed by atoms with Crippen molar-refractivity contribution >= 4 is 6.21 Å². The molecule has 0 bridgehead atoms. The van der Waals surface area contributed by atoms with Crippen molar-refractivity contribution in [3.05, 3.63) is 24.4 Å². The molecule has 0 aromatic rings. The average Bonchev–Trinajstić information content (AvgIpc) is 2.27. The largest absolute Gasteiger partial charge is 0.330 e. The molecule has 0 aliphatic carbocycles. The summed E-state index contributed by atoms with van der Waals surface area (Å²) < 4.78 is 0. The van der Waals surface area contributed by atoms with Crippen LogP contribution in [0.5, 0.6) is 0 Å². The van der Waals surface area contributed by atoms with Gasteiger partial charge in [-0.05, 0) is 38.8 Å². The van der Waals surface area contributed by atoms with Crippen molar-refractivity contribution in [3.63, 3.8) is 0 Å². The van der Waals surface area contributed by atoms with Gasteiger partial charge in [-0.25, -0.2) is 0 Å². The van der Waals surface area contributed by atoms with Gasteiger partial charge in [0.1, 0.15) is 0 Å². The van der Waals surface area contributed by atoms with Gasteiger partial charge < -0.3 is 5.73 Å². The first-order chi connectivity index (χ1) is 7.22. The van der Waals surface area contributed by atoms with Crippen molar-refractivity contribution in [3.8, 4) is 0 Å². The molecule has 0 rings (SSSR count). The summed E-state index contributed by atoms with van der Waals surface area (Å²) >= 11 is 0. The quantitative estimate of drug-likeness (QED) is 0.667. The molecule has 0 radical (unpaired) electrons. The van der Waals surface area contributed by atoms with E-state index < -0.39 is 0 Å². The lowest BCUT2D eigenvalue weighted by molar-refractivity contribution is 0.784. The Kier molecular flexibility index (Phi) is 17.2. The SMILES string of the molecule is C=C(CCCC)N=C/C=C\C.CCCN. The molecule has 2 nitrogen and oxygen atoms in total. The molecule has 0 atom stereocenters. The fraction of sp³-hybridized carbons (Fsp3) is 0.615. The Bertz CT molecular complexity index is 179. The minimum Gasteiger partial charge on any atom is -0.330 e. The maximum absolute atomic E-state index is 5.03. The molecule has 0 saturated carbocycles. The molecular formula is C13H26N2. The maximum atomic E-state index is 5.03. The van der Waals surface area contributed by atoms with Crippen LogP contribution in [0.4, 0.5) is 0 Å². The van der Waals surface area contributed by atoms with Crippen LogP contribution in [0.2, 0.25) is 0 Å². The number of hydrogen-bond acceptors (Lipinski definition) is 2. The Hall–Kier alpha value is -0.890. The van der Waals surface area contributed by atoms with Crippen LogP contribution in [0, 0.1) is 0 Å². The first-order valence-electron chi connectivity index (χ1n) is 5.76. The first kappa shape index (κ1) is 16.5. The Morgan fingerprint density at radius 1 is 1.33 bits per heavy atom. The van der Waals surface area contributed by atoms with Gasteiger partial charge in [0.05, 0.1) is 0 Å². The van der Waals surface area contributed by atoms with Gasteiger partial charge in [0.25, 0.3) is 0 Å². The molecule has 88 valence electrons. The van der Waals surface area contributed by atoms with Crippen LogP contribution in [0.1, 0.15) is 46.5 Å². The second-order valence-electron chi connectivity index (χ2n) is 3.26. The number of rotatable bonds is 6. The zero-order valence-electron chi connectivity index (χ0n) is 10.5. The van der Waals surface area contributed by atoms with Crippen LogP contribution in [0.3, 0.4) is 0 Å². The Labute approximate surface area is 95.0 Å². The third-order valence-electron chi connectivity index (χ3n) is 1.64. The van der Waals surface area contributed by atoms with E-state index in [0.29, 0.717) is 0 Å². The highest BCUT2D eigenvalue weighted by Gasteiger charge is 1.86. The summed E-state index contributed by atoms with van der Waals surface area (Å²) in [7, 11) is 0. The summed E-state index contributed by atoms with van der Waals surface area (Å²) in [6, 6.07) is 0. The Morgan fingerprint density at radius 3 is 2.33 bits per heavy atom. The maximum Gasteiger partial charge on any atom is 0.0331 e. The normalized spacial score (nSPS) is 10.4. The van der Waals surface area contributed by atoms with Gasteiger partial charge in [0.15, 0.2) is 0 Å². The van der Waals surface area contributed by atoms with Gasteiger partial charge in [-0.1, -0.05) is 32.9 Å². The molecule has 0 saturated heterocycles. The topological polar surface area (TPSA) is 38.4 Å². The van der Waals surface area contributed by atoms with Crippen LogP contribution >= 0.6 is 0 Å². The lowest BCUT2D eigenvalue weighted by atomic mass is 10.2. The standard InChI is InChI=1S/C10H17N.C3H9N/c1-4-6-8-10(3)11-9-7-5-2;1-2-3-4/h5,7,9H,3-4,6,8H2,1-2H3;2-4H2,1H3/b7-5-,11-9?;. The number of allylic oxidation sites excluding steroid dienone is 3. The predicted molar refractivity (Wildman–Crippen MR) is 71.3 cm³/mol. The summed E-state index contributed by atoms with van der Waals surface area (Å²) in [5.74, 6) is 0. The molecule has 0 unspecified atom stereocenters. The number of aliphatic imine (C=N–C) groups is 1. The molecule has 2 heteroatoms. The molecule has 0 aliphatic rings. The zero-order chi connectivity index (χ0) is 11.9. The average molecular weight is 210 g/mol. The Morgan fingerprint density at radius 2 is 1.93 bits per heavy atom. The van der Waals surface area contributed by atoms with Crippen molar-refractivity contribution in [2.75, 3.05) is 6.54 Å². The molecule has 0 amide bonds. The van der Waals surface area contributed by atoms with E-state index in [1.54, 1.807) is 6.21 Å². The second kappa shape index (κ2) is 15.6. The molecular weight excluding hydrogens is 184 g/mol. The van der Waals surface area contributed by atoms with Crippen molar-refractivity contribution in [1.82, 2.24) is 0 Å². The van der Waals surface area contributed by atoms with E-state index in [2.05, 4.69) is 25.4 Å². The number of nitrogens with two attached hydrogens (primary N) is 1. The van der Waals surface area contributed by atoms with Crippen LogP contribution in [-0.4, -0.2) is 12.8 Å². The van der Waals surface area contributed by atoms with E-state index in [-0.39, 0.29) is 0 Å². The highest BCUT2D eigenvalue weighted by atomic mass is 14.7. The molecule has 0 aliphatic heterocycles. The summed E-state index contributed by atoms with van der Waals surface area (Å²) in [4.78, 5) is 4.15. The van der Waals surface area contributed by atoms with Crippen molar-refractivity contribution in [2.45, 2.75) is 46.5 Å². The van der Waals surface area contributed by atoms with E-state index in [1.807, 2.05) is 19.1 Å². The predicted octanol–water partition coefficient (Wildman–Crippen LogP) is 3.69. The smallest absolute Gasteiger partial charge is 0.0331 e. The minimum atomic E-state index is 0.819. The molecule has 0 heterocycles.